The van der Waals surface area contributed by atoms with E-state index in [1.165, 1.54) is 22.6 Å². The molecule has 1 aliphatic rings. The molecular formula is C13H21NOS. The molecule has 0 aromatic carbocycles. The predicted octanol–water partition coefficient (Wildman–Crippen LogP) is 2.71. The summed E-state index contributed by atoms with van der Waals surface area (Å²) in [6.45, 7) is 3.82. The Kier molecular flexibility index (Phi) is 4.00. The van der Waals surface area contributed by atoms with Crippen LogP contribution < -0.4 is 5.32 Å². The number of aryl methyl sites for hydroxylation is 1. The quantitative estimate of drug-likeness (QED) is 0.828. The van der Waals surface area contributed by atoms with E-state index in [-0.39, 0.29) is 0 Å². The van der Waals surface area contributed by atoms with Crippen LogP contribution >= 0.6 is 11.3 Å². The summed E-state index contributed by atoms with van der Waals surface area (Å²) in [7, 11) is 0. The Balaban J connectivity index is 1.75. The average Bonchev–Trinajstić information content (AvgIpc) is 2.88. The van der Waals surface area contributed by atoms with Gasteiger partial charge in [-0.15, -0.1) is 11.3 Å². The van der Waals surface area contributed by atoms with Crippen LogP contribution in [-0.2, 0) is 13.0 Å². The first-order chi connectivity index (χ1) is 7.72. The van der Waals surface area contributed by atoms with Gasteiger partial charge in [0.15, 0.2) is 0 Å². The normalized spacial score (nSPS) is 19.1. The second-order valence-electron chi connectivity index (χ2n) is 4.76. The van der Waals surface area contributed by atoms with Gasteiger partial charge in [-0.25, -0.2) is 0 Å². The van der Waals surface area contributed by atoms with E-state index < -0.39 is 5.60 Å². The van der Waals surface area contributed by atoms with Gasteiger partial charge in [-0.3, -0.25) is 0 Å². The van der Waals surface area contributed by atoms with Crippen molar-refractivity contribution in [3.05, 3.63) is 21.9 Å². The van der Waals surface area contributed by atoms with E-state index in [4.69, 9.17) is 0 Å². The minimum atomic E-state index is -0.426. The zero-order valence-electron chi connectivity index (χ0n) is 9.96. The van der Waals surface area contributed by atoms with Crippen LogP contribution in [-0.4, -0.2) is 17.3 Å². The van der Waals surface area contributed by atoms with E-state index >= 15 is 0 Å². The van der Waals surface area contributed by atoms with Crippen molar-refractivity contribution in [2.45, 2.75) is 51.2 Å². The van der Waals surface area contributed by atoms with Crippen LogP contribution in [0.4, 0.5) is 0 Å². The van der Waals surface area contributed by atoms with E-state index in [1.807, 2.05) is 11.3 Å². The van der Waals surface area contributed by atoms with Crippen LogP contribution in [0.3, 0.4) is 0 Å². The van der Waals surface area contributed by atoms with Crippen LogP contribution in [0.1, 0.15) is 42.4 Å². The average molecular weight is 239 g/mol. The molecule has 90 valence electrons. The lowest BCUT2D eigenvalue weighted by atomic mass is 10.0. The summed E-state index contributed by atoms with van der Waals surface area (Å²) in [5.41, 5.74) is -0.426. The Morgan fingerprint density at radius 3 is 2.62 bits per heavy atom. The third kappa shape index (κ3) is 3.06. The Bertz CT molecular complexity index is 328. The monoisotopic (exact) mass is 239 g/mol. The summed E-state index contributed by atoms with van der Waals surface area (Å²) in [5.74, 6) is 0. The molecule has 16 heavy (non-hydrogen) atoms. The molecular weight excluding hydrogens is 218 g/mol. The number of aliphatic hydroxyl groups is 1. The third-order valence-electron chi connectivity index (χ3n) is 3.35. The van der Waals surface area contributed by atoms with E-state index in [1.54, 1.807) is 0 Å². The van der Waals surface area contributed by atoms with Crippen molar-refractivity contribution in [2.75, 3.05) is 6.54 Å². The van der Waals surface area contributed by atoms with Crippen molar-refractivity contribution >= 4 is 11.3 Å². The van der Waals surface area contributed by atoms with Crippen molar-refractivity contribution in [1.29, 1.82) is 0 Å². The van der Waals surface area contributed by atoms with Crippen LogP contribution in [0.5, 0.6) is 0 Å². The van der Waals surface area contributed by atoms with Gasteiger partial charge >= 0.3 is 0 Å². The van der Waals surface area contributed by atoms with Gasteiger partial charge in [0.25, 0.3) is 0 Å². The Hall–Kier alpha value is -0.380. The van der Waals surface area contributed by atoms with E-state index in [0.717, 1.165) is 32.4 Å². The number of hydrogen-bond acceptors (Lipinski definition) is 3. The van der Waals surface area contributed by atoms with Crippen molar-refractivity contribution in [3.63, 3.8) is 0 Å². The molecule has 1 heterocycles. The van der Waals surface area contributed by atoms with Crippen molar-refractivity contribution in [3.8, 4) is 0 Å². The smallest absolute Gasteiger partial charge is 0.0771 e. The zero-order valence-corrected chi connectivity index (χ0v) is 10.8. The summed E-state index contributed by atoms with van der Waals surface area (Å²) < 4.78 is 0. The molecule has 2 nitrogen and oxygen atoms in total. The van der Waals surface area contributed by atoms with Gasteiger partial charge in [-0.05, 0) is 31.4 Å². The lowest BCUT2D eigenvalue weighted by molar-refractivity contribution is 0.0475. The molecule has 1 fully saturated rings. The first-order valence-corrected chi connectivity index (χ1v) is 7.04. The molecule has 2 N–H and O–H groups in total. The highest BCUT2D eigenvalue weighted by molar-refractivity contribution is 7.11. The third-order valence-corrected chi connectivity index (χ3v) is 4.58. The molecule has 0 unspecified atom stereocenters. The second kappa shape index (κ2) is 5.30. The fourth-order valence-corrected chi connectivity index (χ4v) is 3.26. The van der Waals surface area contributed by atoms with Gasteiger partial charge in [-0.2, -0.15) is 0 Å². The molecule has 0 saturated heterocycles. The molecule has 0 bridgehead atoms. The largest absolute Gasteiger partial charge is 0.389 e. The molecule has 0 radical (unpaired) electrons. The summed E-state index contributed by atoms with van der Waals surface area (Å²) in [5, 5.41) is 13.5. The molecule has 1 saturated carbocycles. The van der Waals surface area contributed by atoms with E-state index in [0.29, 0.717) is 0 Å². The summed E-state index contributed by atoms with van der Waals surface area (Å²) in [6.07, 6.45) is 5.40. The first kappa shape index (κ1) is 12.1. The maximum absolute atomic E-state index is 10.2. The number of thiophene rings is 1. The molecule has 0 aliphatic heterocycles. The zero-order chi connectivity index (χ0) is 11.4. The van der Waals surface area contributed by atoms with Crippen molar-refractivity contribution in [1.82, 2.24) is 5.32 Å². The highest BCUT2D eigenvalue weighted by atomic mass is 32.1. The minimum absolute atomic E-state index is 0.426. The van der Waals surface area contributed by atoms with E-state index in [9.17, 15) is 5.11 Å². The SMILES string of the molecule is CCc1ccc(CNCC2(O)CCCC2)s1. The first-order valence-electron chi connectivity index (χ1n) is 6.22. The Morgan fingerprint density at radius 1 is 1.31 bits per heavy atom. The molecule has 1 aromatic rings. The molecule has 1 aromatic heterocycles. The van der Waals surface area contributed by atoms with Crippen LogP contribution in [0.25, 0.3) is 0 Å². The van der Waals surface area contributed by atoms with Gasteiger partial charge in [0.1, 0.15) is 0 Å². The van der Waals surface area contributed by atoms with Gasteiger partial charge < -0.3 is 10.4 Å². The van der Waals surface area contributed by atoms with Crippen molar-refractivity contribution in [2.24, 2.45) is 0 Å². The van der Waals surface area contributed by atoms with E-state index in [2.05, 4.69) is 24.4 Å². The standard InChI is InChI=1S/C13H21NOS/c1-2-11-5-6-12(16-11)9-14-10-13(15)7-3-4-8-13/h5-6,14-15H,2-4,7-10H2,1H3. The number of rotatable bonds is 5. The number of nitrogens with one attached hydrogen (secondary N) is 1. The molecule has 0 spiro atoms. The summed E-state index contributed by atoms with van der Waals surface area (Å²) in [4.78, 5) is 2.81. The Morgan fingerprint density at radius 2 is 2.00 bits per heavy atom. The summed E-state index contributed by atoms with van der Waals surface area (Å²) in [6, 6.07) is 4.39. The maximum Gasteiger partial charge on any atom is 0.0771 e. The lowest BCUT2D eigenvalue weighted by Crippen LogP contribution is -2.37. The van der Waals surface area contributed by atoms with Gasteiger partial charge in [0.2, 0.25) is 0 Å². The predicted molar refractivity (Wildman–Crippen MR) is 68.8 cm³/mol. The van der Waals surface area contributed by atoms with Crippen LogP contribution in [0, 0.1) is 0 Å². The number of hydrogen-bond donors (Lipinski definition) is 2. The van der Waals surface area contributed by atoms with Gasteiger partial charge in [0.05, 0.1) is 5.60 Å². The summed E-state index contributed by atoms with van der Waals surface area (Å²) >= 11 is 1.87. The maximum atomic E-state index is 10.2. The topological polar surface area (TPSA) is 32.3 Å². The van der Waals surface area contributed by atoms with Gasteiger partial charge in [0, 0.05) is 22.8 Å². The highest BCUT2D eigenvalue weighted by Crippen LogP contribution is 2.28. The lowest BCUT2D eigenvalue weighted by Gasteiger charge is -2.22. The Labute approximate surface area is 102 Å². The van der Waals surface area contributed by atoms with Gasteiger partial charge in [-0.1, -0.05) is 19.8 Å². The fraction of sp³-hybridized carbons (Fsp3) is 0.692. The van der Waals surface area contributed by atoms with Crippen molar-refractivity contribution < 1.29 is 5.11 Å². The molecule has 3 heteroatoms. The molecule has 0 atom stereocenters. The fourth-order valence-electron chi connectivity index (χ4n) is 2.34. The highest BCUT2D eigenvalue weighted by Gasteiger charge is 2.30. The van der Waals surface area contributed by atoms with Crippen LogP contribution in [0.15, 0.2) is 12.1 Å². The molecule has 0 amide bonds. The second-order valence-corrected chi connectivity index (χ2v) is 6.01. The molecule has 1 aliphatic carbocycles. The molecule has 2 rings (SSSR count). The minimum Gasteiger partial charge on any atom is -0.389 e. The van der Waals surface area contributed by atoms with Crippen LogP contribution in [0.2, 0.25) is 0 Å².